The van der Waals surface area contributed by atoms with Crippen molar-refractivity contribution < 1.29 is 19.1 Å². The molecular weight excluding hydrogens is 366 g/mol. The Morgan fingerprint density at radius 3 is 2.63 bits per heavy atom. The van der Waals surface area contributed by atoms with Gasteiger partial charge in [0.2, 0.25) is 0 Å². The van der Waals surface area contributed by atoms with Crippen molar-refractivity contribution in [3.05, 3.63) is 45.4 Å². The molecule has 0 radical (unpaired) electrons. The first-order valence-corrected chi connectivity index (χ1v) is 9.59. The molecule has 2 aromatic rings. The fourth-order valence-electron chi connectivity index (χ4n) is 3.14. The van der Waals surface area contributed by atoms with Crippen LogP contribution in [0.25, 0.3) is 0 Å². The van der Waals surface area contributed by atoms with Gasteiger partial charge < -0.3 is 14.6 Å². The third-order valence-corrected chi connectivity index (χ3v) is 5.54. The summed E-state index contributed by atoms with van der Waals surface area (Å²) in [4.78, 5) is 38.7. The van der Waals surface area contributed by atoms with Crippen LogP contribution in [0.2, 0.25) is 0 Å². The summed E-state index contributed by atoms with van der Waals surface area (Å²) < 4.78 is 7.39. The van der Waals surface area contributed by atoms with Crippen LogP contribution < -0.4 is 5.32 Å². The second-order valence-electron chi connectivity index (χ2n) is 7.10. The zero-order valence-corrected chi connectivity index (χ0v) is 16.7. The lowest BCUT2D eigenvalue weighted by molar-refractivity contribution is -0.130. The molecular formula is C19H23N3O4S. The van der Waals surface area contributed by atoms with E-state index < -0.39 is 17.5 Å². The fraction of sp³-hybridized carbons (Fsp3) is 0.421. The molecule has 8 heteroatoms. The van der Waals surface area contributed by atoms with Gasteiger partial charge >= 0.3 is 12.0 Å². The van der Waals surface area contributed by atoms with E-state index in [1.54, 1.807) is 25.2 Å². The number of imide groups is 1. The first kappa shape index (κ1) is 19.2. The van der Waals surface area contributed by atoms with Crippen molar-refractivity contribution in [3.8, 4) is 0 Å². The van der Waals surface area contributed by atoms with Crippen LogP contribution in [0, 0.1) is 13.8 Å². The summed E-state index contributed by atoms with van der Waals surface area (Å²) in [6.45, 7) is 7.82. The maximum Gasteiger partial charge on any atom is 0.340 e. The Bertz CT molecular complexity index is 883. The molecule has 0 spiro atoms. The van der Waals surface area contributed by atoms with Crippen molar-refractivity contribution in [2.24, 2.45) is 0 Å². The summed E-state index contributed by atoms with van der Waals surface area (Å²) in [5.74, 6) is -0.774. The van der Waals surface area contributed by atoms with E-state index in [9.17, 15) is 14.4 Å². The van der Waals surface area contributed by atoms with Crippen LogP contribution in [-0.2, 0) is 16.1 Å². The summed E-state index contributed by atoms with van der Waals surface area (Å²) in [6, 6.07) is 5.40. The van der Waals surface area contributed by atoms with Crippen molar-refractivity contribution in [1.29, 1.82) is 0 Å². The predicted molar refractivity (Wildman–Crippen MR) is 102 cm³/mol. The highest BCUT2D eigenvalue weighted by Crippen LogP contribution is 2.20. The highest BCUT2D eigenvalue weighted by atomic mass is 32.1. The molecule has 1 aliphatic rings. The number of aryl methyl sites for hydroxylation is 1. The summed E-state index contributed by atoms with van der Waals surface area (Å²) in [5, 5.41) is 4.62. The number of thiophene rings is 1. The van der Waals surface area contributed by atoms with Crippen LogP contribution in [-0.4, -0.2) is 46.1 Å². The van der Waals surface area contributed by atoms with Gasteiger partial charge in [-0.05, 0) is 45.2 Å². The molecule has 3 heterocycles. The number of esters is 1. The Morgan fingerprint density at radius 2 is 2.04 bits per heavy atom. The number of carbonyl (C=O) groups is 3. The van der Waals surface area contributed by atoms with Crippen LogP contribution in [0.1, 0.15) is 40.5 Å². The molecule has 0 unspecified atom stereocenters. The third-order valence-electron chi connectivity index (χ3n) is 4.68. The second-order valence-corrected chi connectivity index (χ2v) is 8.13. The smallest absolute Gasteiger partial charge is 0.340 e. The SMILES string of the molecule is Cc1cc(C(=O)OCCN2C(=O)NC(C)(C)C2=O)c(C)n1Cc1cccs1. The minimum atomic E-state index is -0.923. The number of carbonyl (C=O) groups excluding carboxylic acids is 3. The van der Waals surface area contributed by atoms with Gasteiger partial charge in [-0.25, -0.2) is 9.59 Å². The molecule has 7 nitrogen and oxygen atoms in total. The van der Waals surface area contributed by atoms with E-state index in [2.05, 4.69) is 16.0 Å². The van der Waals surface area contributed by atoms with Crippen LogP contribution in [0.5, 0.6) is 0 Å². The minimum Gasteiger partial charge on any atom is -0.460 e. The summed E-state index contributed by atoms with van der Waals surface area (Å²) >= 11 is 1.67. The van der Waals surface area contributed by atoms with Crippen molar-refractivity contribution in [2.45, 2.75) is 39.8 Å². The lowest BCUT2D eigenvalue weighted by Gasteiger charge is -2.15. The topological polar surface area (TPSA) is 80.6 Å². The molecule has 0 aromatic carbocycles. The maximum absolute atomic E-state index is 12.5. The number of ether oxygens (including phenoxy) is 1. The average molecular weight is 389 g/mol. The van der Waals surface area contributed by atoms with Gasteiger partial charge in [-0.3, -0.25) is 9.69 Å². The molecule has 1 N–H and O–H groups in total. The van der Waals surface area contributed by atoms with Gasteiger partial charge in [-0.2, -0.15) is 0 Å². The number of aromatic nitrogens is 1. The van der Waals surface area contributed by atoms with E-state index in [-0.39, 0.29) is 19.1 Å². The van der Waals surface area contributed by atoms with E-state index in [1.807, 2.05) is 31.4 Å². The van der Waals surface area contributed by atoms with E-state index in [0.717, 1.165) is 16.3 Å². The second kappa shape index (κ2) is 7.19. The van der Waals surface area contributed by atoms with Crippen molar-refractivity contribution >= 4 is 29.2 Å². The zero-order chi connectivity index (χ0) is 19.8. The molecule has 0 aliphatic carbocycles. The number of hydrogen-bond acceptors (Lipinski definition) is 5. The van der Waals surface area contributed by atoms with Gasteiger partial charge in [0, 0.05) is 16.3 Å². The van der Waals surface area contributed by atoms with Gasteiger partial charge in [0.15, 0.2) is 0 Å². The molecule has 27 heavy (non-hydrogen) atoms. The highest BCUT2D eigenvalue weighted by molar-refractivity contribution is 7.09. The lowest BCUT2D eigenvalue weighted by atomic mass is 10.1. The summed E-state index contributed by atoms with van der Waals surface area (Å²) in [6.07, 6.45) is 0. The monoisotopic (exact) mass is 389 g/mol. The Morgan fingerprint density at radius 1 is 1.30 bits per heavy atom. The van der Waals surface area contributed by atoms with E-state index in [1.165, 1.54) is 4.88 Å². The average Bonchev–Trinajstić information content (AvgIpc) is 3.25. The number of urea groups is 1. The molecule has 3 rings (SSSR count). The number of rotatable bonds is 6. The van der Waals surface area contributed by atoms with Crippen LogP contribution in [0.15, 0.2) is 23.6 Å². The third kappa shape index (κ3) is 3.75. The molecule has 1 fully saturated rings. The molecule has 2 aromatic heterocycles. The lowest BCUT2D eigenvalue weighted by Crippen LogP contribution is -2.40. The molecule has 1 aliphatic heterocycles. The van der Waals surface area contributed by atoms with Gasteiger partial charge in [-0.15, -0.1) is 11.3 Å². The van der Waals surface area contributed by atoms with Gasteiger partial charge in [0.05, 0.1) is 18.7 Å². The zero-order valence-electron chi connectivity index (χ0n) is 15.9. The fourth-order valence-corrected chi connectivity index (χ4v) is 3.83. The van der Waals surface area contributed by atoms with Crippen molar-refractivity contribution in [3.63, 3.8) is 0 Å². The van der Waals surface area contributed by atoms with Crippen LogP contribution in [0.4, 0.5) is 4.79 Å². The Kier molecular flexibility index (Phi) is 5.10. The number of hydrogen-bond donors (Lipinski definition) is 1. The van der Waals surface area contributed by atoms with E-state index >= 15 is 0 Å². The Labute approximate surface area is 161 Å². The van der Waals surface area contributed by atoms with Crippen molar-refractivity contribution in [2.75, 3.05) is 13.2 Å². The molecule has 144 valence electrons. The highest BCUT2D eigenvalue weighted by Gasteiger charge is 2.44. The van der Waals surface area contributed by atoms with Gasteiger partial charge in [-0.1, -0.05) is 6.07 Å². The standard InChI is InChI=1S/C19H23N3O4S/c1-12-10-15(13(2)22(12)11-14-6-5-9-27-14)16(23)26-8-7-21-17(24)19(3,4)20-18(21)25/h5-6,9-10H,7-8,11H2,1-4H3,(H,20,25). The molecule has 0 bridgehead atoms. The molecule has 3 amide bonds. The van der Waals surface area contributed by atoms with E-state index in [0.29, 0.717) is 12.1 Å². The summed E-state index contributed by atoms with van der Waals surface area (Å²) in [5.41, 5.74) is 1.39. The van der Waals surface area contributed by atoms with Crippen molar-refractivity contribution in [1.82, 2.24) is 14.8 Å². The molecule has 0 saturated carbocycles. The molecule has 0 atom stereocenters. The number of nitrogens with zero attached hydrogens (tertiary/aromatic N) is 2. The number of amides is 3. The van der Waals surface area contributed by atoms with Gasteiger partial charge in [0.25, 0.3) is 5.91 Å². The first-order chi connectivity index (χ1) is 12.7. The largest absolute Gasteiger partial charge is 0.460 e. The van der Waals surface area contributed by atoms with Crippen LogP contribution in [0.3, 0.4) is 0 Å². The summed E-state index contributed by atoms with van der Waals surface area (Å²) in [7, 11) is 0. The van der Waals surface area contributed by atoms with Gasteiger partial charge in [0.1, 0.15) is 12.1 Å². The number of nitrogens with one attached hydrogen (secondary N) is 1. The van der Waals surface area contributed by atoms with E-state index in [4.69, 9.17) is 4.74 Å². The van der Waals surface area contributed by atoms with Crippen LogP contribution >= 0.6 is 11.3 Å². The quantitative estimate of drug-likeness (QED) is 0.608. The first-order valence-electron chi connectivity index (χ1n) is 8.71. The molecule has 1 saturated heterocycles. The minimum absolute atomic E-state index is 0.0355. The normalized spacial score (nSPS) is 15.9. The predicted octanol–water partition coefficient (Wildman–Crippen LogP) is 2.70. The Balaban J connectivity index is 1.62. The Hall–Kier alpha value is -2.61. The maximum atomic E-state index is 12.5.